The number of aromatic amines is 2. The number of aromatic nitrogens is 4. The maximum Gasteiger partial charge on any atom is 0.462 e. The van der Waals surface area contributed by atoms with E-state index in [0.29, 0.717) is 0 Å². The minimum absolute atomic E-state index is 0.699. The molecule has 0 aliphatic heterocycles. The van der Waals surface area contributed by atoms with E-state index in [4.69, 9.17) is 0 Å². The van der Waals surface area contributed by atoms with Crippen molar-refractivity contribution in [2.45, 2.75) is 0 Å². The van der Waals surface area contributed by atoms with Crippen LogP contribution in [0.25, 0.3) is 0 Å². The molecular formula is C6H4N8O8. The van der Waals surface area contributed by atoms with Gasteiger partial charge in [-0.3, -0.25) is 0 Å². The molecule has 0 aliphatic rings. The third kappa shape index (κ3) is 3.53. The molecule has 0 amide bonds. The zero-order valence-electron chi connectivity index (χ0n) is 10.1. The van der Waals surface area contributed by atoms with E-state index < -0.39 is 43.0 Å². The number of nitrogens with one attached hydrogen (secondary N) is 2. The van der Waals surface area contributed by atoms with Gasteiger partial charge in [-0.25, -0.2) is 0 Å². The topological polar surface area (TPSA) is 230 Å². The predicted octanol–water partition coefficient (Wildman–Crippen LogP) is 0.452. The normalized spacial score (nSPS) is 9.45. The number of hydrogen-bond acceptors (Lipinski definition) is 10. The number of imidazole rings is 2. The van der Waals surface area contributed by atoms with Crippen molar-refractivity contribution in [3.8, 4) is 0 Å². The lowest BCUT2D eigenvalue weighted by atomic mass is 10.7. The minimum Gasteiger partial charge on any atom is -0.358 e. The molecule has 0 saturated carbocycles. The Kier molecular flexibility index (Phi) is 4.71. The van der Waals surface area contributed by atoms with Crippen LogP contribution in [0, 0.1) is 40.5 Å². The van der Waals surface area contributed by atoms with Gasteiger partial charge in [-0.2, -0.15) is 9.97 Å². The first-order valence-electron chi connectivity index (χ1n) is 4.90. The first-order chi connectivity index (χ1) is 10.3. The maximum atomic E-state index is 10.0. The summed E-state index contributed by atoms with van der Waals surface area (Å²) >= 11 is 0. The molecule has 16 heteroatoms. The molecule has 0 spiro atoms. The van der Waals surface area contributed by atoms with Crippen molar-refractivity contribution in [3.05, 3.63) is 53.1 Å². The molecular weight excluding hydrogens is 312 g/mol. The van der Waals surface area contributed by atoms with E-state index in [1.807, 2.05) is 9.97 Å². The molecule has 2 heterocycles. The number of nitro groups is 4. The fourth-order valence-corrected chi connectivity index (χ4v) is 1.10. The number of H-pyrrole nitrogens is 2. The van der Waals surface area contributed by atoms with Gasteiger partial charge in [0.2, 0.25) is 0 Å². The molecule has 16 nitrogen and oxygen atoms in total. The molecule has 0 aliphatic carbocycles. The highest BCUT2D eigenvalue weighted by molar-refractivity contribution is 5.39. The van der Waals surface area contributed by atoms with Crippen molar-refractivity contribution in [2.24, 2.45) is 0 Å². The highest BCUT2D eigenvalue weighted by Crippen LogP contribution is 2.20. The Bertz CT molecular complexity index is 613. The first kappa shape index (κ1) is 16.1. The molecule has 0 atom stereocenters. The van der Waals surface area contributed by atoms with Crippen LogP contribution in [-0.2, 0) is 0 Å². The predicted molar refractivity (Wildman–Crippen MR) is 63.8 cm³/mol. The summed E-state index contributed by atoms with van der Waals surface area (Å²) in [4.78, 5) is 46.8. The standard InChI is InChI=1S/2C3H2N4O4/c2*8-6(9)2-3(7(10)11)5-1-4-2/h2*1H,(H,4,5). The lowest BCUT2D eigenvalue weighted by Gasteiger charge is -1.88. The fourth-order valence-electron chi connectivity index (χ4n) is 1.10. The van der Waals surface area contributed by atoms with Gasteiger partial charge in [-0.15, -0.1) is 0 Å². The van der Waals surface area contributed by atoms with Crippen molar-refractivity contribution in [1.82, 2.24) is 19.9 Å². The average molecular weight is 316 g/mol. The second-order valence-corrected chi connectivity index (χ2v) is 3.18. The van der Waals surface area contributed by atoms with Gasteiger partial charge < -0.3 is 40.5 Å². The monoisotopic (exact) mass is 316 g/mol. The Labute approximate surface area is 117 Å². The van der Waals surface area contributed by atoms with Crippen LogP contribution in [0.1, 0.15) is 0 Å². The number of hydrogen-bond donors (Lipinski definition) is 2. The van der Waals surface area contributed by atoms with Gasteiger partial charge in [0.1, 0.15) is 0 Å². The molecule has 2 aromatic heterocycles. The van der Waals surface area contributed by atoms with Crippen LogP contribution in [0.4, 0.5) is 23.3 Å². The van der Waals surface area contributed by atoms with E-state index >= 15 is 0 Å². The van der Waals surface area contributed by atoms with Crippen LogP contribution < -0.4 is 0 Å². The van der Waals surface area contributed by atoms with E-state index in [1.54, 1.807) is 0 Å². The van der Waals surface area contributed by atoms with Gasteiger partial charge >= 0.3 is 23.3 Å². The second kappa shape index (κ2) is 6.45. The summed E-state index contributed by atoms with van der Waals surface area (Å²) in [6.45, 7) is 0. The second-order valence-electron chi connectivity index (χ2n) is 3.18. The SMILES string of the molecule is O=[N+]([O-])c1nc[nH]c1[N+](=O)[O-].O=[N+]([O-])c1nc[nH]c1[N+](=O)[O-]. The summed E-state index contributed by atoms with van der Waals surface area (Å²) in [5.74, 6) is -2.94. The Morgan fingerprint density at radius 1 is 0.682 bits per heavy atom. The van der Waals surface area contributed by atoms with E-state index in [2.05, 4.69) is 9.97 Å². The van der Waals surface area contributed by atoms with Crippen LogP contribution in [0.15, 0.2) is 12.7 Å². The van der Waals surface area contributed by atoms with Crippen molar-refractivity contribution in [1.29, 1.82) is 0 Å². The van der Waals surface area contributed by atoms with Crippen molar-refractivity contribution in [3.63, 3.8) is 0 Å². The van der Waals surface area contributed by atoms with Gasteiger partial charge in [0, 0.05) is 9.97 Å². The largest absolute Gasteiger partial charge is 0.462 e. The lowest BCUT2D eigenvalue weighted by Crippen LogP contribution is -1.94. The Morgan fingerprint density at radius 2 is 1.00 bits per heavy atom. The average Bonchev–Trinajstić information content (AvgIpc) is 3.08. The summed E-state index contributed by atoms with van der Waals surface area (Å²) < 4.78 is 0. The van der Waals surface area contributed by atoms with Crippen LogP contribution in [0.2, 0.25) is 0 Å². The fraction of sp³-hybridized carbons (Fsp3) is 0. The van der Waals surface area contributed by atoms with Crippen LogP contribution >= 0.6 is 0 Å². The zero-order valence-corrected chi connectivity index (χ0v) is 10.1. The van der Waals surface area contributed by atoms with E-state index in [1.165, 1.54) is 0 Å². The Morgan fingerprint density at radius 3 is 1.18 bits per heavy atom. The van der Waals surface area contributed by atoms with Crippen molar-refractivity contribution >= 4 is 23.3 Å². The van der Waals surface area contributed by atoms with Crippen LogP contribution in [0.5, 0.6) is 0 Å². The van der Waals surface area contributed by atoms with Gasteiger partial charge in [0.05, 0.1) is 0 Å². The molecule has 0 saturated heterocycles. The zero-order chi connectivity index (χ0) is 16.9. The number of rotatable bonds is 4. The first-order valence-corrected chi connectivity index (χ1v) is 4.90. The van der Waals surface area contributed by atoms with Crippen molar-refractivity contribution in [2.75, 3.05) is 0 Å². The van der Waals surface area contributed by atoms with Gasteiger partial charge in [-0.1, -0.05) is 0 Å². The van der Waals surface area contributed by atoms with E-state index in [0.717, 1.165) is 12.7 Å². The van der Waals surface area contributed by atoms with Crippen LogP contribution in [0.3, 0.4) is 0 Å². The highest BCUT2D eigenvalue weighted by Gasteiger charge is 2.26. The molecule has 0 aromatic carbocycles. The van der Waals surface area contributed by atoms with E-state index in [-0.39, 0.29) is 0 Å². The minimum atomic E-state index is -0.922. The van der Waals surface area contributed by atoms with Gasteiger partial charge in [0.25, 0.3) is 12.7 Å². The molecule has 0 fully saturated rings. The lowest BCUT2D eigenvalue weighted by molar-refractivity contribution is -0.427. The molecule has 2 aromatic rings. The number of nitrogens with zero attached hydrogens (tertiary/aromatic N) is 6. The molecule has 2 rings (SSSR count). The Hall–Kier alpha value is -3.98. The van der Waals surface area contributed by atoms with Crippen LogP contribution in [-0.4, -0.2) is 39.6 Å². The third-order valence-electron chi connectivity index (χ3n) is 1.91. The molecule has 22 heavy (non-hydrogen) atoms. The Balaban J connectivity index is 0.000000220. The van der Waals surface area contributed by atoms with Gasteiger partial charge in [-0.05, 0) is 19.7 Å². The van der Waals surface area contributed by atoms with E-state index in [9.17, 15) is 40.5 Å². The molecule has 116 valence electrons. The summed E-state index contributed by atoms with van der Waals surface area (Å²) in [5, 5.41) is 40.0. The summed E-state index contributed by atoms with van der Waals surface area (Å²) in [5.41, 5.74) is 0. The molecule has 0 unspecified atom stereocenters. The molecule has 2 N–H and O–H groups in total. The molecule has 0 radical (unpaired) electrons. The highest BCUT2D eigenvalue weighted by atomic mass is 16.6. The summed E-state index contributed by atoms with van der Waals surface area (Å²) in [6.07, 6.45) is 1.80. The smallest absolute Gasteiger partial charge is 0.358 e. The summed E-state index contributed by atoms with van der Waals surface area (Å²) in [7, 11) is 0. The molecule has 0 bridgehead atoms. The summed E-state index contributed by atoms with van der Waals surface area (Å²) in [6, 6.07) is 0. The van der Waals surface area contributed by atoms with Gasteiger partial charge in [0.15, 0.2) is 0 Å². The maximum absolute atomic E-state index is 10.0. The third-order valence-corrected chi connectivity index (χ3v) is 1.91. The quantitative estimate of drug-likeness (QED) is 0.583. The van der Waals surface area contributed by atoms with Crippen molar-refractivity contribution < 1.29 is 19.7 Å².